The second-order valence-corrected chi connectivity index (χ2v) is 10.2. The number of thiazole rings is 1. The Labute approximate surface area is 210 Å². The fourth-order valence-electron chi connectivity index (χ4n) is 4.00. The maximum atomic E-state index is 13.3. The lowest BCUT2D eigenvalue weighted by Crippen LogP contribution is -2.20. The highest BCUT2D eigenvalue weighted by atomic mass is 32.2. The highest BCUT2D eigenvalue weighted by molar-refractivity contribution is 7.86. The van der Waals surface area contributed by atoms with Crippen molar-refractivity contribution < 1.29 is 23.2 Å². The van der Waals surface area contributed by atoms with Gasteiger partial charge in [-0.25, -0.2) is 9.19 Å². The van der Waals surface area contributed by atoms with Crippen LogP contribution >= 0.6 is 11.3 Å². The molecule has 0 aliphatic heterocycles. The van der Waals surface area contributed by atoms with Crippen LogP contribution in [0.3, 0.4) is 0 Å². The van der Waals surface area contributed by atoms with Gasteiger partial charge in [-0.3, -0.25) is 9.52 Å². The van der Waals surface area contributed by atoms with Gasteiger partial charge >= 0.3 is 0 Å². The van der Waals surface area contributed by atoms with Crippen molar-refractivity contribution in [3.63, 3.8) is 0 Å². The largest absolute Gasteiger partial charge is 0.495 e. The van der Waals surface area contributed by atoms with Gasteiger partial charge in [0.2, 0.25) is 17.7 Å². The number of aryl methyl sites for hydroxylation is 1. The molecule has 1 saturated carbocycles. The van der Waals surface area contributed by atoms with E-state index in [1.807, 2.05) is 13.0 Å². The maximum absolute atomic E-state index is 13.3. The first kappa shape index (κ1) is 24.9. The molecule has 2 heterocycles. The van der Waals surface area contributed by atoms with Crippen LogP contribution in [0.2, 0.25) is 0 Å². The van der Waals surface area contributed by atoms with Crippen molar-refractivity contribution in [2.45, 2.75) is 37.5 Å². The first-order valence-corrected chi connectivity index (χ1v) is 13.1. The molecule has 0 spiro atoms. The van der Waals surface area contributed by atoms with E-state index in [4.69, 9.17) is 14.2 Å². The number of pyridine rings is 1. The molecule has 1 atom stereocenters. The molecule has 0 bridgehead atoms. The summed E-state index contributed by atoms with van der Waals surface area (Å²) in [5, 5.41) is 3.54. The lowest BCUT2D eigenvalue weighted by atomic mass is 10.1. The van der Waals surface area contributed by atoms with Crippen LogP contribution in [-0.2, 0) is 15.8 Å². The quantitative estimate of drug-likeness (QED) is 0.420. The SMILES string of the molecule is COc1ccc(NS(=O)c2cc(-c3sc(NC(=O)C4CCCC4)nc3C)ccc2OC)c(OC)n1. The molecule has 1 aromatic carbocycles. The van der Waals surface area contributed by atoms with Crippen molar-refractivity contribution >= 4 is 39.0 Å². The number of aromatic nitrogens is 2. The minimum atomic E-state index is -1.68. The van der Waals surface area contributed by atoms with E-state index in [1.165, 1.54) is 32.7 Å². The van der Waals surface area contributed by atoms with Crippen molar-refractivity contribution in [1.82, 2.24) is 9.97 Å². The van der Waals surface area contributed by atoms with E-state index in [0.717, 1.165) is 41.8 Å². The number of methoxy groups -OCH3 is 3. The Morgan fingerprint density at radius 1 is 1.06 bits per heavy atom. The lowest BCUT2D eigenvalue weighted by Gasteiger charge is -2.13. The Balaban J connectivity index is 1.59. The molecule has 2 N–H and O–H groups in total. The van der Waals surface area contributed by atoms with Gasteiger partial charge in [0.25, 0.3) is 0 Å². The molecule has 1 unspecified atom stereocenters. The normalized spacial score (nSPS) is 14.4. The number of anilines is 2. The first-order valence-electron chi connectivity index (χ1n) is 11.2. The molecule has 1 aliphatic carbocycles. The molecule has 1 aliphatic rings. The van der Waals surface area contributed by atoms with E-state index < -0.39 is 11.0 Å². The third kappa shape index (κ3) is 5.57. The minimum Gasteiger partial charge on any atom is -0.495 e. The average Bonchev–Trinajstić information content (AvgIpc) is 3.54. The Morgan fingerprint density at radius 2 is 1.83 bits per heavy atom. The molecule has 3 aromatic rings. The van der Waals surface area contributed by atoms with Crippen LogP contribution in [0.5, 0.6) is 17.5 Å². The van der Waals surface area contributed by atoms with Crippen LogP contribution in [0.25, 0.3) is 10.4 Å². The van der Waals surface area contributed by atoms with Gasteiger partial charge in [0.15, 0.2) is 16.1 Å². The van der Waals surface area contributed by atoms with Gasteiger partial charge in [-0.05, 0) is 49.6 Å². The molecule has 9 nitrogen and oxygen atoms in total. The van der Waals surface area contributed by atoms with E-state index in [-0.39, 0.29) is 17.7 Å². The number of benzene rings is 1. The number of nitrogens with zero attached hydrogens (tertiary/aromatic N) is 2. The monoisotopic (exact) mass is 516 g/mol. The van der Waals surface area contributed by atoms with E-state index in [2.05, 4.69) is 20.0 Å². The van der Waals surface area contributed by atoms with Crippen molar-refractivity contribution in [2.24, 2.45) is 5.92 Å². The molecule has 0 saturated heterocycles. The Hall–Kier alpha value is -3.18. The summed E-state index contributed by atoms with van der Waals surface area (Å²) >= 11 is 1.40. The minimum absolute atomic E-state index is 0.0329. The van der Waals surface area contributed by atoms with Gasteiger partial charge < -0.3 is 19.5 Å². The van der Waals surface area contributed by atoms with Gasteiger partial charge in [0, 0.05) is 12.0 Å². The highest BCUT2D eigenvalue weighted by Gasteiger charge is 2.24. The summed E-state index contributed by atoms with van der Waals surface area (Å²) in [5.74, 6) is 1.21. The van der Waals surface area contributed by atoms with Crippen molar-refractivity contribution in [3.05, 3.63) is 36.0 Å². The Morgan fingerprint density at radius 3 is 2.51 bits per heavy atom. The van der Waals surface area contributed by atoms with Crippen LogP contribution < -0.4 is 24.2 Å². The number of hydrogen-bond acceptors (Lipinski definition) is 8. The molecule has 186 valence electrons. The number of ether oxygens (including phenoxy) is 3. The predicted octanol–water partition coefficient (Wildman–Crippen LogP) is 4.80. The summed E-state index contributed by atoms with van der Waals surface area (Å²) in [5.41, 5.74) is 2.06. The summed E-state index contributed by atoms with van der Waals surface area (Å²) < 4.78 is 32.1. The Kier molecular flexibility index (Phi) is 7.86. The molecule has 35 heavy (non-hydrogen) atoms. The van der Waals surface area contributed by atoms with Crippen molar-refractivity contribution in [3.8, 4) is 28.0 Å². The van der Waals surface area contributed by atoms with E-state index in [9.17, 15) is 9.00 Å². The maximum Gasteiger partial charge on any atom is 0.241 e. The molecule has 2 aromatic heterocycles. The number of hydrogen-bond donors (Lipinski definition) is 2. The number of carbonyl (C=O) groups is 1. The van der Waals surface area contributed by atoms with Gasteiger partial charge in [-0.2, -0.15) is 4.98 Å². The van der Waals surface area contributed by atoms with Crippen LogP contribution in [0, 0.1) is 12.8 Å². The average molecular weight is 517 g/mol. The number of rotatable bonds is 9. The zero-order valence-electron chi connectivity index (χ0n) is 20.0. The molecule has 1 amide bonds. The standard InChI is InChI=1S/C24H28N4O5S2/c1-14-21(34-24(25-14)27-22(29)15-7-5-6-8-15)16-9-11-18(31-2)19(13-16)35(30)28-17-10-12-20(32-3)26-23(17)33-4/h9-13,15,28H,5-8H2,1-4H3,(H,25,27,29). The fraction of sp³-hybridized carbons (Fsp3) is 0.375. The van der Waals surface area contributed by atoms with Crippen LogP contribution in [0.4, 0.5) is 10.8 Å². The molecular formula is C24H28N4O5S2. The second-order valence-electron chi connectivity index (χ2n) is 8.05. The predicted molar refractivity (Wildman–Crippen MR) is 137 cm³/mol. The summed E-state index contributed by atoms with van der Waals surface area (Å²) in [6.45, 7) is 1.89. The third-order valence-electron chi connectivity index (χ3n) is 5.82. The fourth-order valence-corrected chi connectivity index (χ4v) is 6.00. The Bertz CT molecular complexity index is 1240. The zero-order valence-corrected chi connectivity index (χ0v) is 21.7. The third-order valence-corrected chi connectivity index (χ3v) is 8.06. The van der Waals surface area contributed by atoms with E-state index in [0.29, 0.717) is 27.3 Å². The zero-order chi connectivity index (χ0) is 24.9. The second kappa shape index (κ2) is 11.0. The first-order chi connectivity index (χ1) is 16.9. The summed E-state index contributed by atoms with van der Waals surface area (Å²) in [4.78, 5) is 22.6. The number of nitrogens with one attached hydrogen (secondary N) is 2. The van der Waals surface area contributed by atoms with E-state index >= 15 is 0 Å². The molecular weight excluding hydrogens is 488 g/mol. The van der Waals surface area contributed by atoms with Crippen LogP contribution in [0.15, 0.2) is 35.2 Å². The molecule has 1 fully saturated rings. The summed E-state index contributed by atoms with van der Waals surface area (Å²) in [6, 6.07) is 8.79. The summed E-state index contributed by atoms with van der Waals surface area (Å²) in [7, 11) is 2.83. The number of carbonyl (C=O) groups excluding carboxylic acids is 1. The number of amides is 1. The van der Waals surface area contributed by atoms with Gasteiger partial charge in [-0.15, -0.1) is 0 Å². The topological polar surface area (TPSA) is 112 Å². The van der Waals surface area contributed by atoms with Crippen LogP contribution in [-0.4, -0.2) is 41.4 Å². The van der Waals surface area contributed by atoms with Gasteiger partial charge in [-0.1, -0.05) is 24.2 Å². The highest BCUT2D eigenvalue weighted by Crippen LogP contribution is 2.37. The molecule has 4 rings (SSSR count). The van der Waals surface area contributed by atoms with Crippen LogP contribution in [0.1, 0.15) is 31.4 Å². The summed E-state index contributed by atoms with van der Waals surface area (Å²) in [6.07, 6.45) is 4.05. The van der Waals surface area contributed by atoms with Crippen molar-refractivity contribution in [2.75, 3.05) is 31.4 Å². The van der Waals surface area contributed by atoms with E-state index in [1.54, 1.807) is 24.3 Å². The van der Waals surface area contributed by atoms with Crippen molar-refractivity contribution in [1.29, 1.82) is 0 Å². The lowest BCUT2D eigenvalue weighted by molar-refractivity contribution is -0.119. The molecule has 0 radical (unpaired) electrons. The van der Waals surface area contributed by atoms with Gasteiger partial charge in [0.05, 0.1) is 31.9 Å². The smallest absolute Gasteiger partial charge is 0.241 e. The van der Waals surface area contributed by atoms with Gasteiger partial charge in [0.1, 0.15) is 16.3 Å². The molecule has 11 heteroatoms.